The van der Waals surface area contributed by atoms with Gasteiger partial charge in [-0.15, -0.1) is 0 Å². The second-order valence-corrected chi connectivity index (χ2v) is 4.91. The van der Waals surface area contributed by atoms with Crippen molar-refractivity contribution in [2.45, 2.75) is 26.2 Å². The van der Waals surface area contributed by atoms with E-state index in [1.54, 1.807) is 12.3 Å². The van der Waals surface area contributed by atoms with E-state index in [1.165, 1.54) is 23.1 Å². The molecular formula is C18H19NO. The maximum atomic E-state index is 10.3. The highest BCUT2D eigenvalue weighted by atomic mass is 16.1. The predicted molar refractivity (Wildman–Crippen MR) is 83.1 cm³/mol. The van der Waals surface area contributed by atoms with Gasteiger partial charge in [0.2, 0.25) is 0 Å². The Kier molecular flexibility index (Phi) is 5.24. The SMILES string of the molecule is CC(C=CC=C1C=C(c2cccnc2)CCC1)=CC=O. The molecule has 0 bridgehead atoms. The molecule has 0 amide bonds. The lowest BCUT2D eigenvalue weighted by Gasteiger charge is -2.14. The van der Waals surface area contributed by atoms with Gasteiger partial charge in [0.1, 0.15) is 6.29 Å². The summed E-state index contributed by atoms with van der Waals surface area (Å²) in [7, 11) is 0. The van der Waals surface area contributed by atoms with Crippen molar-refractivity contribution in [1.82, 2.24) is 4.98 Å². The van der Waals surface area contributed by atoms with E-state index in [4.69, 9.17) is 0 Å². The van der Waals surface area contributed by atoms with Gasteiger partial charge in [0.05, 0.1) is 0 Å². The first kappa shape index (κ1) is 14.2. The van der Waals surface area contributed by atoms with Gasteiger partial charge in [-0.3, -0.25) is 9.78 Å². The van der Waals surface area contributed by atoms with E-state index >= 15 is 0 Å². The Bertz CT molecular complexity index is 577. The lowest BCUT2D eigenvalue weighted by molar-refractivity contribution is -0.104. The lowest BCUT2D eigenvalue weighted by atomic mass is 9.91. The van der Waals surface area contributed by atoms with E-state index in [0.717, 1.165) is 24.7 Å². The van der Waals surface area contributed by atoms with Crippen LogP contribution in [-0.2, 0) is 4.79 Å². The van der Waals surface area contributed by atoms with Crippen molar-refractivity contribution in [2.75, 3.05) is 0 Å². The molecule has 0 N–H and O–H groups in total. The number of carbonyl (C=O) groups is 1. The molecule has 102 valence electrons. The molecule has 2 heteroatoms. The van der Waals surface area contributed by atoms with Gasteiger partial charge in [0.15, 0.2) is 0 Å². The summed E-state index contributed by atoms with van der Waals surface area (Å²) < 4.78 is 0. The first-order valence-electron chi connectivity index (χ1n) is 6.90. The van der Waals surface area contributed by atoms with Crippen LogP contribution in [0, 0.1) is 0 Å². The zero-order valence-electron chi connectivity index (χ0n) is 11.8. The summed E-state index contributed by atoms with van der Waals surface area (Å²) in [4.78, 5) is 14.5. The minimum atomic E-state index is 0.813. The molecule has 1 aliphatic rings. The van der Waals surface area contributed by atoms with E-state index in [1.807, 2.05) is 31.3 Å². The average molecular weight is 265 g/mol. The smallest absolute Gasteiger partial charge is 0.143 e. The van der Waals surface area contributed by atoms with Crippen LogP contribution in [0.3, 0.4) is 0 Å². The van der Waals surface area contributed by atoms with Crippen LogP contribution in [0.1, 0.15) is 31.7 Å². The third-order valence-corrected chi connectivity index (χ3v) is 3.30. The minimum absolute atomic E-state index is 0.813. The number of hydrogen-bond donors (Lipinski definition) is 0. The highest BCUT2D eigenvalue weighted by molar-refractivity contribution is 5.69. The molecule has 0 aromatic carbocycles. The molecule has 0 saturated heterocycles. The zero-order chi connectivity index (χ0) is 14.2. The average Bonchev–Trinajstić information content (AvgIpc) is 2.49. The van der Waals surface area contributed by atoms with Gasteiger partial charge in [-0.2, -0.15) is 0 Å². The van der Waals surface area contributed by atoms with E-state index in [0.29, 0.717) is 0 Å². The second kappa shape index (κ2) is 7.39. The molecule has 0 unspecified atom stereocenters. The van der Waals surface area contributed by atoms with E-state index < -0.39 is 0 Å². The van der Waals surface area contributed by atoms with Gasteiger partial charge in [0, 0.05) is 12.4 Å². The third-order valence-electron chi connectivity index (χ3n) is 3.30. The van der Waals surface area contributed by atoms with Gasteiger partial charge in [-0.1, -0.05) is 30.4 Å². The number of aromatic nitrogens is 1. The number of hydrogen-bond acceptors (Lipinski definition) is 2. The maximum Gasteiger partial charge on any atom is 0.143 e. The van der Waals surface area contributed by atoms with Crippen LogP contribution < -0.4 is 0 Å². The summed E-state index contributed by atoms with van der Waals surface area (Å²) in [6.07, 6.45) is 17.8. The van der Waals surface area contributed by atoms with Crippen molar-refractivity contribution >= 4 is 11.9 Å². The van der Waals surface area contributed by atoms with Crippen molar-refractivity contribution in [3.63, 3.8) is 0 Å². The molecule has 1 aromatic heterocycles. The summed E-state index contributed by atoms with van der Waals surface area (Å²) in [5.74, 6) is 0. The molecular weight excluding hydrogens is 246 g/mol. The molecule has 1 aromatic rings. The Morgan fingerprint density at radius 2 is 2.25 bits per heavy atom. The molecule has 2 nitrogen and oxygen atoms in total. The van der Waals surface area contributed by atoms with Crippen LogP contribution in [0.2, 0.25) is 0 Å². The van der Waals surface area contributed by atoms with Crippen molar-refractivity contribution in [2.24, 2.45) is 0 Å². The molecule has 0 atom stereocenters. The Morgan fingerprint density at radius 3 is 3.00 bits per heavy atom. The first-order valence-corrected chi connectivity index (χ1v) is 6.90. The Hall–Kier alpha value is -2.22. The molecule has 0 aliphatic heterocycles. The monoisotopic (exact) mass is 265 g/mol. The molecule has 2 rings (SSSR count). The van der Waals surface area contributed by atoms with Crippen molar-refractivity contribution in [1.29, 1.82) is 0 Å². The standard InChI is InChI=1S/C18H19NO/c1-15(10-12-20)5-2-6-16-7-3-8-17(13-16)18-9-4-11-19-14-18/h2,4-6,9-14H,3,7-8H2,1H3. The normalized spacial score (nSPS) is 18.4. The van der Waals surface area contributed by atoms with Gasteiger partial charge in [-0.25, -0.2) is 0 Å². The number of nitrogens with zero attached hydrogens (tertiary/aromatic N) is 1. The number of aldehydes is 1. The third kappa shape index (κ3) is 4.16. The quantitative estimate of drug-likeness (QED) is 0.462. The van der Waals surface area contributed by atoms with Crippen LogP contribution in [0.5, 0.6) is 0 Å². The maximum absolute atomic E-state index is 10.3. The lowest BCUT2D eigenvalue weighted by Crippen LogP contribution is -1.94. The van der Waals surface area contributed by atoms with Crippen LogP contribution in [-0.4, -0.2) is 11.3 Å². The Morgan fingerprint density at radius 1 is 1.35 bits per heavy atom. The summed E-state index contributed by atoms with van der Waals surface area (Å²) in [5, 5.41) is 0. The first-order chi connectivity index (χ1) is 9.79. The second-order valence-electron chi connectivity index (χ2n) is 4.91. The summed E-state index contributed by atoms with van der Waals surface area (Å²) in [6.45, 7) is 1.92. The van der Waals surface area contributed by atoms with Crippen LogP contribution in [0.25, 0.3) is 5.57 Å². The fraction of sp³-hybridized carbons (Fsp3) is 0.222. The highest BCUT2D eigenvalue weighted by Crippen LogP contribution is 2.29. The van der Waals surface area contributed by atoms with Crippen LogP contribution >= 0.6 is 0 Å². The topological polar surface area (TPSA) is 30.0 Å². The van der Waals surface area contributed by atoms with Crippen molar-refractivity contribution < 1.29 is 4.79 Å². The fourth-order valence-electron chi connectivity index (χ4n) is 2.25. The molecule has 0 saturated carbocycles. The summed E-state index contributed by atoms with van der Waals surface area (Å²) in [5.41, 5.74) is 4.85. The Balaban J connectivity index is 2.13. The summed E-state index contributed by atoms with van der Waals surface area (Å²) in [6, 6.07) is 4.08. The van der Waals surface area contributed by atoms with Crippen molar-refractivity contribution in [3.8, 4) is 0 Å². The number of allylic oxidation sites excluding steroid dienone is 8. The number of carbonyl (C=O) groups excluding carboxylic acids is 1. The molecule has 0 radical (unpaired) electrons. The van der Waals surface area contributed by atoms with Crippen molar-refractivity contribution in [3.05, 3.63) is 71.6 Å². The van der Waals surface area contributed by atoms with Gasteiger partial charge in [0.25, 0.3) is 0 Å². The molecule has 1 aliphatic carbocycles. The predicted octanol–water partition coefficient (Wildman–Crippen LogP) is 4.28. The molecule has 0 spiro atoms. The highest BCUT2D eigenvalue weighted by Gasteiger charge is 2.08. The van der Waals surface area contributed by atoms with E-state index in [2.05, 4.69) is 23.2 Å². The fourth-order valence-corrected chi connectivity index (χ4v) is 2.25. The van der Waals surface area contributed by atoms with Crippen LogP contribution in [0.4, 0.5) is 0 Å². The van der Waals surface area contributed by atoms with Gasteiger partial charge in [-0.05, 0) is 60.6 Å². The molecule has 20 heavy (non-hydrogen) atoms. The van der Waals surface area contributed by atoms with E-state index in [-0.39, 0.29) is 0 Å². The van der Waals surface area contributed by atoms with Gasteiger partial charge >= 0.3 is 0 Å². The zero-order valence-corrected chi connectivity index (χ0v) is 11.8. The number of rotatable bonds is 4. The number of pyridine rings is 1. The largest absolute Gasteiger partial charge is 0.299 e. The molecule has 1 heterocycles. The van der Waals surface area contributed by atoms with E-state index in [9.17, 15) is 4.79 Å². The Labute approximate surface area is 120 Å². The summed E-state index contributed by atoms with van der Waals surface area (Å²) >= 11 is 0. The molecule has 0 fully saturated rings. The van der Waals surface area contributed by atoms with Crippen LogP contribution in [0.15, 0.2) is 66.1 Å². The minimum Gasteiger partial charge on any atom is -0.299 e. The van der Waals surface area contributed by atoms with Gasteiger partial charge < -0.3 is 0 Å².